The molecule has 0 amide bonds. The number of hydrogen-bond donors (Lipinski definition) is 1. The minimum atomic E-state index is -1.68. The molecule has 0 spiro atoms. The standard InChI is InChI=1S/C26H35ClN5O5P/c1-16(2)35-26(33)18(4)30-38(37-20-9-7-19(27)8-10-20)34-14-21-13-17(3)25(36-21)32-12-11-22-23(31(5)6)28-15-29-24(22)32/h7-12,15-18,21,25,30H,13-14H2,1-6H3. The predicted molar refractivity (Wildman–Crippen MR) is 148 cm³/mol. The van der Waals surface area contributed by atoms with E-state index in [1.165, 1.54) is 0 Å². The van der Waals surface area contributed by atoms with E-state index in [1.54, 1.807) is 37.5 Å². The van der Waals surface area contributed by atoms with E-state index in [1.807, 2.05) is 45.1 Å². The lowest BCUT2D eigenvalue weighted by molar-refractivity contribution is -0.149. The number of nitrogens with zero attached hydrogens (tertiary/aromatic N) is 4. The molecule has 4 rings (SSSR count). The van der Waals surface area contributed by atoms with Crippen molar-refractivity contribution in [3.8, 4) is 5.75 Å². The van der Waals surface area contributed by atoms with Gasteiger partial charge in [-0.1, -0.05) is 18.5 Å². The van der Waals surface area contributed by atoms with Crippen LogP contribution in [0.1, 0.15) is 40.3 Å². The molecule has 0 saturated carbocycles. The highest BCUT2D eigenvalue weighted by molar-refractivity contribution is 7.45. The van der Waals surface area contributed by atoms with Gasteiger partial charge in [0.15, 0.2) is 0 Å². The van der Waals surface area contributed by atoms with Crippen LogP contribution >= 0.6 is 20.1 Å². The molecule has 1 fully saturated rings. The van der Waals surface area contributed by atoms with Gasteiger partial charge in [0, 0.05) is 31.2 Å². The molecule has 1 saturated heterocycles. The second-order valence-corrected chi connectivity index (χ2v) is 11.5. The summed E-state index contributed by atoms with van der Waals surface area (Å²) in [6.07, 6.45) is 3.79. The van der Waals surface area contributed by atoms with Crippen molar-refractivity contribution in [2.45, 2.75) is 58.6 Å². The van der Waals surface area contributed by atoms with Gasteiger partial charge in [-0.3, -0.25) is 4.79 Å². The molecule has 1 N–H and O–H groups in total. The SMILES string of the molecule is CC(C)OC(=O)C(C)NP(OCC1CC(C)C(n2ccc3c(N(C)C)ncnc32)O1)Oc1ccc(Cl)cc1. The Kier molecular flexibility index (Phi) is 9.44. The maximum Gasteiger partial charge on any atom is 0.323 e. The topological polar surface area (TPSA) is 100.0 Å². The molecule has 5 atom stereocenters. The Morgan fingerprint density at radius 3 is 2.66 bits per heavy atom. The molecule has 10 nitrogen and oxygen atoms in total. The quantitative estimate of drug-likeness (QED) is 0.245. The number of esters is 1. The van der Waals surface area contributed by atoms with Crippen LogP contribution < -0.4 is 14.5 Å². The molecule has 38 heavy (non-hydrogen) atoms. The number of rotatable bonds is 11. The van der Waals surface area contributed by atoms with E-state index in [0.29, 0.717) is 10.8 Å². The summed E-state index contributed by atoms with van der Waals surface area (Å²) >= 11 is 6.01. The number of halogens is 1. The largest absolute Gasteiger partial charge is 0.462 e. The van der Waals surface area contributed by atoms with Gasteiger partial charge in [-0.05, 0) is 57.5 Å². The van der Waals surface area contributed by atoms with Crippen molar-refractivity contribution in [1.29, 1.82) is 0 Å². The number of hydrogen-bond acceptors (Lipinski definition) is 9. The van der Waals surface area contributed by atoms with Gasteiger partial charge in [-0.25, -0.2) is 15.1 Å². The Morgan fingerprint density at radius 2 is 1.97 bits per heavy atom. The number of benzene rings is 1. The molecule has 3 heterocycles. The van der Waals surface area contributed by atoms with E-state index in [0.717, 1.165) is 23.3 Å². The Balaban J connectivity index is 1.43. The van der Waals surface area contributed by atoms with Gasteiger partial charge in [-0.15, -0.1) is 0 Å². The van der Waals surface area contributed by atoms with Gasteiger partial charge in [0.05, 0.1) is 24.2 Å². The molecule has 2 aromatic heterocycles. The second-order valence-electron chi connectivity index (χ2n) is 9.85. The van der Waals surface area contributed by atoms with Crippen LogP contribution in [0.15, 0.2) is 42.9 Å². The summed E-state index contributed by atoms with van der Waals surface area (Å²) in [5, 5.41) is 4.70. The van der Waals surface area contributed by atoms with Gasteiger partial charge < -0.3 is 28.0 Å². The Bertz CT molecular complexity index is 1220. The van der Waals surface area contributed by atoms with Gasteiger partial charge >= 0.3 is 14.5 Å². The molecule has 1 aliphatic heterocycles. The number of ether oxygens (including phenoxy) is 2. The van der Waals surface area contributed by atoms with E-state index >= 15 is 0 Å². The van der Waals surface area contributed by atoms with Gasteiger partial charge in [0.1, 0.15) is 35.8 Å². The first-order valence-corrected chi connectivity index (χ1v) is 14.2. The highest BCUT2D eigenvalue weighted by Gasteiger charge is 2.35. The monoisotopic (exact) mass is 563 g/mol. The smallest absolute Gasteiger partial charge is 0.323 e. The molecule has 206 valence electrons. The number of nitrogens with one attached hydrogen (secondary N) is 1. The zero-order valence-corrected chi connectivity index (χ0v) is 24.1. The third kappa shape index (κ3) is 6.93. The molecule has 0 aliphatic carbocycles. The highest BCUT2D eigenvalue weighted by atomic mass is 35.5. The zero-order valence-electron chi connectivity index (χ0n) is 22.5. The normalized spacial score (nSPS) is 21.0. The molecule has 5 unspecified atom stereocenters. The van der Waals surface area contributed by atoms with Crippen molar-refractivity contribution in [2.24, 2.45) is 5.92 Å². The first-order chi connectivity index (χ1) is 18.1. The Morgan fingerprint density at radius 1 is 1.24 bits per heavy atom. The third-order valence-electron chi connectivity index (χ3n) is 6.02. The number of carbonyl (C=O) groups excluding carboxylic acids is 1. The van der Waals surface area contributed by atoms with E-state index in [2.05, 4.69) is 26.5 Å². The van der Waals surface area contributed by atoms with E-state index < -0.39 is 14.6 Å². The highest BCUT2D eigenvalue weighted by Crippen LogP contribution is 2.41. The minimum absolute atomic E-state index is 0.166. The summed E-state index contributed by atoms with van der Waals surface area (Å²) < 4.78 is 26.0. The average Bonchev–Trinajstić information content (AvgIpc) is 3.46. The van der Waals surface area contributed by atoms with Crippen molar-refractivity contribution >= 4 is 42.9 Å². The Labute approximate surface area is 229 Å². The molecule has 1 aromatic carbocycles. The number of aromatic nitrogens is 3. The van der Waals surface area contributed by atoms with Crippen molar-refractivity contribution in [2.75, 3.05) is 25.6 Å². The number of carbonyl (C=O) groups is 1. The van der Waals surface area contributed by atoms with E-state index in [4.69, 9.17) is 30.1 Å². The fourth-order valence-electron chi connectivity index (χ4n) is 4.26. The lowest BCUT2D eigenvalue weighted by atomic mass is 10.1. The fraction of sp³-hybridized carbons (Fsp3) is 0.500. The molecular weight excluding hydrogens is 529 g/mol. The molecule has 0 bridgehead atoms. The van der Waals surface area contributed by atoms with Crippen molar-refractivity contribution in [3.63, 3.8) is 0 Å². The molecule has 12 heteroatoms. The summed E-state index contributed by atoms with van der Waals surface area (Å²) in [7, 11) is 2.24. The number of fused-ring (bicyclic) bond motifs is 1. The maximum absolute atomic E-state index is 12.4. The summed E-state index contributed by atoms with van der Waals surface area (Å²) in [6, 6.07) is 8.38. The van der Waals surface area contributed by atoms with E-state index in [9.17, 15) is 4.79 Å². The van der Waals surface area contributed by atoms with Gasteiger partial charge in [0.2, 0.25) is 0 Å². The van der Waals surface area contributed by atoms with Crippen LogP contribution in [0.5, 0.6) is 5.75 Å². The molecule has 3 aromatic rings. The van der Waals surface area contributed by atoms with Crippen LogP contribution in [0.4, 0.5) is 5.82 Å². The predicted octanol–water partition coefficient (Wildman–Crippen LogP) is 5.33. The van der Waals surface area contributed by atoms with Crippen LogP contribution in [0.2, 0.25) is 5.02 Å². The van der Waals surface area contributed by atoms with Crippen LogP contribution in [0, 0.1) is 5.92 Å². The fourth-order valence-corrected chi connectivity index (χ4v) is 5.60. The lowest BCUT2D eigenvalue weighted by Crippen LogP contribution is -2.35. The van der Waals surface area contributed by atoms with E-state index in [-0.39, 0.29) is 36.9 Å². The minimum Gasteiger partial charge on any atom is -0.462 e. The summed E-state index contributed by atoms with van der Waals surface area (Å²) in [5.74, 6) is 1.29. The third-order valence-corrected chi connectivity index (χ3v) is 7.63. The van der Waals surface area contributed by atoms with Crippen molar-refractivity contribution in [1.82, 2.24) is 19.6 Å². The van der Waals surface area contributed by atoms with Gasteiger partial charge in [-0.2, -0.15) is 0 Å². The average molecular weight is 564 g/mol. The summed E-state index contributed by atoms with van der Waals surface area (Å²) in [6.45, 7) is 7.78. The Hall–Kier alpha value is -2.49. The van der Waals surface area contributed by atoms with Crippen LogP contribution in [-0.2, 0) is 18.8 Å². The molecular formula is C26H35ClN5O5P. The van der Waals surface area contributed by atoms with Crippen molar-refractivity contribution in [3.05, 3.63) is 47.9 Å². The molecule has 0 radical (unpaired) electrons. The van der Waals surface area contributed by atoms with Crippen LogP contribution in [0.25, 0.3) is 11.0 Å². The number of anilines is 1. The molecule has 1 aliphatic rings. The van der Waals surface area contributed by atoms with Crippen molar-refractivity contribution < 1.29 is 23.3 Å². The first-order valence-electron chi connectivity index (χ1n) is 12.6. The lowest BCUT2D eigenvalue weighted by Gasteiger charge is -2.24. The maximum atomic E-state index is 12.4. The van der Waals surface area contributed by atoms with Crippen LogP contribution in [0.3, 0.4) is 0 Å². The summed E-state index contributed by atoms with van der Waals surface area (Å²) in [5.41, 5.74) is 0.828. The first kappa shape index (κ1) is 28.5. The zero-order chi connectivity index (χ0) is 27.4. The summed E-state index contributed by atoms with van der Waals surface area (Å²) in [4.78, 5) is 23.3. The van der Waals surface area contributed by atoms with Gasteiger partial charge in [0.25, 0.3) is 0 Å². The van der Waals surface area contributed by atoms with Crippen LogP contribution in [-0.4, -0.2) is 59.5 Å². The second kappa shape index (κ2) is 12.6.